The molecule has 0 spiro atoms. The van der Waals surface area contributed by atoms with E-state index in [1.165, 1.54) is 0 Å². The van der Waals surface area contributed by atoms with Gasteiger partial charge in [0.2, 0.25) is 0 Å². The molecule has 0 bridgehead atoms. The molecule has 0 amide bonds. The highest BCUT2D eigenvalue weighted by atomic mass is 16.6. The molecule has 158 valence electrons. The Morgan fingerprint density at radius 1 is 1.20 bits per heavy atom. The van der Waals surface area contributed by atoms with Gasteiger partial charge in [-0.25, -0.2) is 4.98 Å². The van der Waals surface area contributed by atoms with Gasteiger partial charge in [-0.3, -0.25) is 0 Å². The Morgan fingerprint density at radius 2 is 1.97 bits per heavy atom. The monoisotopic (exact) mass is 410 g/mol. The van der Waals surface area contributed by atoms with E-state index in [9.17, 15) is 5.11 Å². The molecular weight excluding hydrogens is 384 g/mol. The number of aromatic nitrogens is 2. The number of hydrogen-bond donors (Lipinski definition) is 1. The van der Waals surface area contributed by atoms with Crippen molar-refractivity contribution in [1.82, 2.24) is 9.55 Å². The van der Waals surface area contributed by atoms with Gasteiger partial charge in [-0.2, -0.15) is 0 Å². The van der Waals surface area contributed by atoms with Gasteiger partial charge in [0, 0.05) is 12.1 Å². The van der Waals surface area contributed by atoms with Crippen LogP contribution in [0, 0.1) is 6.92 Å². The number of hydrogen-bond acceptors (Lipinski definition) is 6. The maximum Gasteiger partial charge on any atom is 0.163 e. The first-order valence-corrected chi connectivity index (χ1v) is 9.94. The van der Waals surface area contributed by atoms with Crippen molar-refractivity contribution in [3.63, 3.8) is 0 Å². The van der Waals surface area contributed by atoms with Crippen LogP contribution < -0.4 is 18.9 Å². The van der Waals surface area contributed by atoms with E-state index in [4.69, 9.17) is 18.9 Å². The Kier molecular flexibility index (Phi) is 5.81. The highest BCUT2D eigenvalue weighted by Crippen LogP contribution is 2.35. The lowest BCUT2D eigenvalue weighted by atomic mass is 10.1. The van der Waals surface area contributed by atoms with Crippen molar-refractivity contribution >= 4 is 11.0 Å². The summed E-state index contributed by atoms with van der Waals surface area (Å²) in [6, 6.07) is 9.53. The molecule has 2 heterocycles. The summed E-state index contributed by atoms with van der Waals surface area (Å²) < 4.78 is 24.5. The third-order valence-electron chi connectivity index (χ3n) is 5.04. The first-order chi connectivity index (χ1) is 14.6. The van der Waals surface area contributed by atoms with E-state index >= 15 is 0 Å². The normalized spacial score (nSPS) is 13.8. The largest absolute Gasteiger partial charge is 0.493 e. The van der Waals surface area contributed by atoms with Crippen LogP contribution in [0.2, 0.25) is 0 Å². The smallest absolute Gasteiger partial charge is 0.163 e. The lowest BCUT2D eigenvalue weighted by molar-refractivity contribution is 0.0914. The number of aryl methyl sites for hydroxylation is 1. The highest BCUT2D eigenvalue weighted by Gasteiger charge is 2.19. The number of allylic oxidation sites excluding steroid dienone is 1. The van der Waals surface area contributed by atoms with Gasteiger partial charge < -0.3 is 28.6 Å². The number of rotatable bonds is 8. The van der Waals surface area contributed by atoms with Gasteiger partial charge in [0.1, 0.15) is 31.7 Å². The summed E-state index contributed by atoms with van der Waals surface area (Å²) in [4.78, 5) is 4.59. The Balaban J connectivity index is 1.48. The van der Waals surface area contributed by atoms with Gasteiger partial charge in [-0.1, -0.05) is 12.1 Å². The van der Waals surface area contributed by atoms with E-state index in [0.717, 1.165) is 28.8 Å². The van der Waals surface area contributed by atoms with Gasteiger partial charge in [0.25, 0.3) is 0 Å². The molecule has 1 aliphatic rings. The molecular formula is C23H26N2O5. The number of aliphatic hydroxyl groups is 1. The molecule has 0 fully saturated rings. The lowest BCUT2D eigenvalue weighted by Gasteiger charge is -2.19. The molecule has 4 rings (SSSR count). The molecule has 30 heavy (non-hydrogen) atoms. The number of methoxy groups -OCH3 is 1. The summed E-state index contributed by atoms with van der Waals surface area (Å²) in [5, 5.41) is 10.6. The zero-order valence-corrected chi connectivity index (χ0v) is 17.3. The number of ether oxygens (including phenoxy) is 4. The Morgan fingerprint density at radius 3 is 2.70 bits per heavy atom. The average Bonchev–Trinajstić information content (AvgIpc) is 3.05. The second-order valence-corrected chi connectivity index (χ2v) is 7.20. The first-order valence-electron chi connectivity index (χ1n) is 9.94. The van der Waals surface area contributed by atoms with E-state index in [2.05, 4.69) is 11.6 Å². The van der Waals surface area contributed by atoms with E-state index in [-0.39, 0.29) is 6.61 Å². The number of aliphatic hydroxyl groups excluding tert-OH is 1. The number of nitrogens with zero attached hydrogens (tertiary/aromatic N) is 2. The third-order valence-corrected chi connectivity index (χ3v) is 5.04. The van der Waals surface area contributed by atoms with Crippen LogP contribution in [0.4, 0.5) is 0 Å². The summed E-state index contributed by atoms with van der Waals surface area (Å²) in [6.07, 6.45) is 1.86. The van der Waals surface area contributed by atoms with Crippen LogP contribution in [0.15, 0.2) is 43.0 Å². The van der Waals surface area contributed by atoms with Crippen molar-refractivity contribution < 1.29 is 24.1 Å². The third kappa shape index (κ3) is 4.07. The summed E-state index contributed by atoms with van der Waals surface area (Å²) in [5.41, 5.74) is 2.79. The van der Waals surface area contributed by atoms with Crippen LogP contribution in [-0.2, 0) is 13.0 Å². The maximum absolute atomic E-state index is 10.6. The van der Waals surface area contributed by atoms with Crippen LogP contribution in [0.25, 0.3) is 11.0 Å². The fraction of sp³-hybridized carbons (Fsp3) is 0.348. The van der Waals surface area contributed by atoms with Crippen LogP contribution in [0.5, 0.6) is 23.0 Å². The van der Waals surface area contributed by atoms with Crippen LogP contribution >= 0.6 is 0 Å². The molecule has 1 atom stereocenters. The molecule has 0 radical (unpaired) electrons. The molecule has 7 nitrogen and oxygen atoms in total. The van der Waals surface area contributed by atoms with Crippen molar-refractivity contribution in [2.24, 2.45) is 0 Å². The summed E-state index contributed by atoms with van der Waals surface area (Å²) in [6.45, 7) is 7.20. The van der Waals surface area contributed by atoms with Crippen molar-refractivity contribution in [3.8, 4) is 23.0 Å². The van der Waals surface area contributed by atoms with Gasteiger partial charge in [0.15, 0.2) is 23.0 Å². The maximum atomic E-state index is 10.6. The zero-order valence-electron chi connectivity index (χ0n) is 17.3. The van der Waals surface area contributed by atoms with Gasteiger partial charge >= 0.3 is 0 Å². The second-order valence-electron chi connectivity index (χ2n) is 7.20. The molecule has 1 unspecified atom stereocenters. The van der Waals surface area contributed by atoms with Crippen molar-refractivity contribution in [3.05, 3.63) is 54.4 Å². The molecule has 1 aliphatic heterocycles. The van der Waals surface area contributed by atoms with Gasteiger partial charge in [0.05, 0.1) is 24.7 Å². The Labute approximate surface area is 175 Å². The minimum Gasteiger partial charge on any atom is -0.493 e. The van der Waals surface area contributed by atoms with E-state index < -0.39 is 6.10 Å². The topological polar surface area (TPSA) is 75.0 Å². The average molecular weight is 410 g/mol. The molecule has 1 N–H and O–H groups in total. The first kappa shape index (κ1) is 20.1. The quantitative estimate of drug-likeness (QED) is 0.575. The van der Waals surface area contributed by atoms with E-state index in [1.54, 1.807) is 7.11 Å². The van der Waals surface area contributed by atoms with Crippen LogP contribution in [0.1, 0.15) is 11.4 Å². The second kappa shape index (κ2) is 8.67. The van der Waals surface area contributed by atoms with Gasteiger partial charge in [-0.15, -0.1) is 6.58 Å². The molecule has 7 heteroatoms. The molecule has 3 aromatic rings. The molecule has 2 aromatic carbocycles. The molecule has 0 saturated heterocycles. The Hall–Kier alpha value is -3.19. The molecule has 1 aromatic heterocycles. The number of benzene rings is 2. The van der Waals surface area contributed by atoms with Gasteiger partial charge in [-0.05, 0) is 31.0 Å². The zero-order chi connectivity index (χ0) is 21.1. The predicted octanol–water partition coefficient (Wildman–Crippen LogP) is 3.29. The highest BCUT2D eigenvalue weighted by molar-refractivity contribution is 5.80. The van der Waals surface area contributed by atoms with E-state index in [1.807, 2.05) is 47.9 Å². The minimum atomic E-state index is -0.730. The van der Waals surface area contributed by atoms with E-state index in [0.29, 0.717) is 42.8 Å². The SMILES string of the molecule is C=CCc1ccc(OCC(O)Cn2c(C)nc3cc4c(cc32)OCCO4)c(OC)c1. The molecule has 0 aliphatic carbocycles. The summed E-state index contributed by atoms with van der Waals surface area (Å²) in [5.74, 6) is 3.43. The van der Waals surface area contributed by atoms with Crippen LogP contribution in [0.3, 0.4) is 0 Å². The van der Waals surface area contributed by atoms with Crippen molar-refractivity contribution in [2.75, 3.05) is 26.9 Å². The fourth-order valence-corrected chi connectivity index (χ4v) is 3.59. The Bertz CT molecular complexity index is 1060. The predicted molar refractivity (Wildman–Crippen MR) is 114 cm³/mol. The summed E-state index contributed by atoms with van der Waals surface area (Å²) in [7, 11) is 1.60. The number of fused-ring (bicyclic) bond motifs is 2. The molecule has 0 saturated carbocycles. The minimum absolute atomic E-state index is 0.126. The summed E-state index contributed by atoms with van der Waals surface area (Å²) >= 11 is 0. The van der Waals surface area contributed by atoms with Crippen molar-refractivity contribution in [1.29, 1.82) is 0 Å². The standard InChI is InChI=1S/C23H26N2O5/c1-4-5-16-6-7-20(21(10-16)27-3)30-14-17(26)13-25-15(2)24-18-11-22-23(12-19(18)25)29-9-8-28-22/h4,6-7,10-12,17,26H,1,5,8-9,13-14H2,2-3H3. The lowest BCUT2D eigenvalue weighted by Crippen LogP contribution is -2.24. The fourth-order valence-electron chi connectivity index (χ4n) is 3.59. The number of imidazole rings is 1. The van der Waals surface area contributed by atoms with Crippen molar-refractivity contribution in [2.45, 2.75) is 26.0 Å². The van der Waals surface area contributed by atoms with Crippen LogP contribution in [-0.4, -0.2) is 47.7 Å².